The molecule has 0 heterocycles. The summed E-state index contributed by atoms with van der Waals surface area (Å²) in [4.78, 5) is 0. The van der Waals surface area contributed by atoms with Crippen molar-refractivity contribution in [3.05, 3.63) is 35.1 Å². The largest absolute Gasteiger partial charge is 0.207 e. The smallest absolute Gasteiger partial charge is 0.126 e. The second kappa shape index (κ2) is 5.31. The van der Waals surface area contributed by atoms with E-state index < -0.39 is 0 Å². The number of hydrogen-bond acceptors (Lipinski definition) is 1. The van der Waals surface area contributed by atoms with Crippen molar-refractivity contribution in [2.24, 2.45) is 0 Å². The molecule has 1 rings (SSSR count). The van der Waals surface area contributed by atoms with Gasteiger partial charge in [-0.15, -0.1) is 0 Å². The lowest BCUT2D eigenvalue weighted by Crippen LogP contribution is -1.82. The fourth-order valence-corrected chi connectivity index (χ4v) is 0.714. The van der Waals surface area contributed by atoms with E-state index in [1.807, 2.05) is 19.9 Å². The van der Waals surface area contributed by atoms with Crippen LogP contribution in [0.2, 0.25) is 0 Å². The molecule has 0 atom stereocenters. The summed E-state index contributed by atoms with van der Waals surface area (Å²) in [5.41, 5.74) is 1.01. The first-order chi connectivity index (χ1) is 5.74. The first kappa shape index (κ1) is 10.6. The molecule has 0 unspecified atom stereocenters. The van der Waals surface area contributed by atoms with Crippen LogP contribution in [0.15, 0.2) is 18.2 Å². The minimum atomic E-state index is -0.265. The van der Waals surface area contributed by atoms with Crippen LogP contribution in [0.3, 0.4) is 0 Å². The third kappa shape index (κ3) is 2.71. The van der Waals surface area contributed by atoms with Crippen LogP contribution in [0.1, 0.15) is 25.0 Å². The van der Waals surface area contributed by atoms with Crippen molar-refractivity contribution in [2.75, 3.05) is 0 Å². The van der Waals surface area contributed by atoms with Gasteiger partial charge in [-0.1, -0.05) is 13.8 Å². The third-order valence-corrected chi connectivity index (χ3v) is 1.29. The maximum atomic E-state index is 12.5. The number of rotatable bonds is 0. The van der Waals surface area contributed by atoms with Crippen LogP contribution in [0.4, 0.5) is 4.39 Å². The van der Waals surface area contributed by atoms with Gasteiger partial charge >= 0.3 is 0 Å². The zero-order valence-electron chi connectivity index (χ0n) is 7.56. The van der Waals surface area contributed by atoms with Gasteiger partial charge in [0, 0.05) is 0 Å². The molecule has 0 bridgehead atoms. The van der Waals surface area contributed by atoms with Crippen molar-refractivity contribution in [1.29, 1.82) is 5.26 Å². The molecule has 0 aliphatic heterocycles. The molecular formula is C10H12FN. The molecular weight excluding hydrogens is 153 g/mol. The van der Waals surface area contributed by atoms with E-state index in [0.717, 1.165) is 0 Å². The molecule has 1 nitrogen and oxygen atoms in total. The lowest BCUT2D eigenvalue weighted by Gasteiger charge is -1.93. The van der Waals surface area contributed by atoms with Crippen LogP contribution in [0.25, 0.3) is 0 Å². The van der Waals surface area contributed by atoms with Gasteiger partial charge in [0.15, 0.2) is 0 Å². The van der Waals surface area contributed by atoms with E-state index in [9.17, 15) is 4.39 Å². The van der Waals surface area contributed by atoms with Crippen LogP contribution in [-0.4, -0.2) is 0 Å². The fraction of sp³-hybridized carbons (Fsp3) is 0.300. The quantitative estimate of drug-likeness (QED) is 0.579. The molecule has 0 aromatic heterocycles. The van der Waals surface area contributed by atoms with E-state index in [1.165, 1.54) is 18.2 Å². The first-order valence-electron chi connectivity index (χ1n) is 3.90. The minimum absolute atomic E-state index is 0.265. The van der Waals surface area contributed by atoms with Crippen molar-refractivity contribution >= 4 is 0 Å². The van der Waals surface area contributed by atoms with Crippen molar-refractivity contribution in [2.45, 2.75) is 20.8 Å². The Hall–Kier alpha value is -1.36. The predicted molar refractivity (Wildman–Crippen MR) is 47.2 cm³/mol. The van der Waals surface area contributed by atoms with Gasteiger partial charge in [0.2, 0.25) is 0 Å². The molecule has 0 N–H and O–H groups in total. The highest BCUT2D eigenvalue weighted by Gasteiger charge is 1.95. The van der Waals surface area contributed by atoms with Crippen LogP contribution < -0.4 is 0 Å². The Balaban J connectivity index is 0.000000561. The van der Waals surface area contributed by atoms with Crippen LogP contribution >= 0.6 is 0 Å². The van der Waals surface area contributed by atoms with E-state index in [2.05, 4.69) is 0 Å². The maximum Gasteiger partial charge on any atom is 0.126 e. The predicted octanol–water partition coefficient (Wildman–Crippen LogP) is 3.03. The molecule has 1 aromatic carbocycles. The van der Waals surface area contributed by atoms with Crippen LogP contribution in [0.5, 0.6) is 0 Å². The van der Waals surface area contributed by atoms with Gasteiger partial charge in [0.1, 0.15) is 5.82 Å². The zero-order valence-corrected chi connectivity index (χ0v) is 7.56. The third-order valence-electron chi connectivity index (χ3n) is 1.29. The molecule has 12 heavy (non-hydrogen) atoms. The second-order valence-corrected chi connectivity index (χ2v) is 2.08. The van der Waals surface area contributed by atoms with Crippen molar-refractivity contribution in [1.82, 2.24) is 0 Å². The minimum Gasteiger partial charge on any atom is -0.207 e. The van der Waals surface area contributed by atoms with E-state index in [1.54, 1.807) is 6.92 Å². The Morgan fingerprint density at radius 2 is 1.92 bits per heavy atom. The van der Waals surface area contributed by atoms with E-state index in [-0.39, 0.29) is 5.82 Å². The van der Waals surface area contributed by atoms with Crippen molar-refractivity contribution in [3.8, 4) is 6.07 Å². The molecule has 64 valence electrons. The second-order valence-electron chi connectivity index (χ2n) is 2.08. The molecule has 0 aliphatic rings. The summed E-state index contributed by atoms with van der Waals surface area (Å²) in [5.74, 6) is -0.265. The molecule has 0 saturated heterocycles. The molecule has 0 saturated carbocycles. The summed E-state index contributed by atoms with van der Waals surface area (Å²) in [6, 6.07) is 6.21. The molecule has 0 fully saturated rings. The van der Waals surface area contributed by atoms with Gasteiger partial charge in [-0.25, -0.2) is 4.39 Å². The molecule has 0 radical (unpaired) electrons. The number of aryl methyl sites for hydroxylation is 1. The summed E-state index contributed by atoms with van der Waals surface area (Å²) in [6.07, 6.45) is 0. The number of hydrogen-bond donors (Lipinski definition) is 0. The molecule has 1 aromatic rings. The number of benzene rings is 1. The van der Waals surface area contributed by atoms with Gasteiger partial charge in [-0.3, -0.25) is 0 Å². The average molecular weight is 165 g/mol. The van der Waals surface area contributed by atoms with E-state index in [4.69, 9.17) is 5.26 Å². The molecule has 0 amide bonds. The van der Waals surface area contributed by atoms with Gasteiger partial charge in [0.05, 0.1) is 11.6 Å². The fourth-order valence-electron chi connectivity index (χ4n) is 0.714. The lowest BCUT2D eigenvalue weighted by molar-refractivity contribution is 0.618. The number of nitriles is 1. The van der Waals surface area contributed by atoms with Gasteiger partial charge < -0.3 is 0 Å². The topological polar surface area (TPSA) is 23.8 Å². The summed E-state index contributed by atoms with van der Waals surface area (Å²) in [6.45, 7) is 5.64. The van der Waals surface area contributed by atoms with E-state index >= 15 is 0 Å². The molecule has 0 aliphatic carbocycles. The maximum absolute atomic E-state index is 12.5. The number of nitrogens with zero attached hydrogens (tertiary/aromatic N) is 1. The van der Waals surface area contributed by atoms with E-state index in [0.29, 0.717) is 11.1 Å². The van der Waals surface area contributed by atoms with Crippen molar-refractivity contribution in [3.63, 3.8) is 0 Å². The Morgan fingerprint density at radius 3 is 2.33 bits per heavy atom. The van der Waals surface area contributed by atoms with Gasteiger partial charge in [-0.05, 0) is 30.7 Å². The highest BCUT2D eigenvalue weighted by molar-refractivity contribution is 5.32. The highest BCUT2D eigenvalue weighted by Crippen LogP contribution is 2.07. The SMILES string of the molecule is CC.Cc1cc(C#N)ccc1F. The molecule has 2 heteroatoms. The Bertz CT molecular complexity index is 286. The Labute approximate surface area is 72.5 Å². The molecule has 0 spiro atoms. The van der Waals surface area contributed by atoms with Crippen LogP contribution in [0, 0.1) is 24.1 Å². The zero-order chi connectivity index (χ0) is 9.56. The monoisotopic (exact) mass is 165 g/mol. The summed E-state index contributed by atoms with van der Waals surface area (Å²) < 4.78 is 12.5. The summed E-state index contributed by atoms with van der Waals surface area (Å²) in [7, 11) is 0. The highest BCUT2D eigenvalue weighted by atomic mass is 19.1. The normalized spacial score (nSPS) is 7.92. The Morgan fingerprint density at radius 1 is 1.33 bits per heavy atom. The first-order valence-corrected chi connectivity index (χ1v) is 3.90. The average Bonchev–Trinajstić information content (AvgIpc) is 2.13. The lowest BCUT2D eigenvalue weighted by atomic mass is 10.1. The van der Waals surface area contributed by atoms with Crippen LogP contribution in [-0.2, 0) is 0 Å². The van der Waals surface area contributed by atoms with Gasteiger partial charge in [-0.2, -0.15) is 5.26 Å². The summed E-state index contributed by atoms with van der Waals surface area (Å²) in [5, 5.41) is 8.38. The standard InChI is InChI=1S/C8H6FN.C2H6/c1-6-4-7(5-10)2-3-8(6)9;1-2/h2-4H,1H3;1-2H3. The van der Waals surface area contributed by atoms with Crippen molar-refractivity contribution < 1.29 is 4.39 Å². The van der Waals surface area contributed by atoms with Gasteiger partial charge in [0.25, 0.3) is 0 Å². The number of halogens is 1. The Kier molecular flexibility index (Phi) is 4.71. The summed E-state index contributed by atoms with van der Waals surface area (Å²) >= 11 is 0.